The number of sulfonamides is 1. The number of carbonyl (C=O) groups excluding carboxylic acids is 1. The van der Waals surface area contributed by atoms with Gasteiger partial charge >= 0.3 is 5.97 Å². The molecule has 0 saturated carbocycles. The fourth-order valence-electron chi connectivity index (χ4n) is 3.31. The summed E-state index contributed by atoms with van der Waals surface area (Å²) in [7, 11) is 2.47. The van der Waals surface area contributed by atoms with E-state index in [4.69, 9.17) is 14.2 Å². The van der Waals surface area contributed by atoms with E-state index < -0.39 is 16.0 Å². The molecule has 0 aliphatic carbocycles. The number of methoxy groups -OCH3 is 2. The third-order valence-electron chi connectivity index (χ3n) is 5.07. The van der Waals surface area contributed by atoms with Crippen molar-refractivity contribution in [1.82, 2.24) is 13.9 Å². The number of aromatic nitrogens is 2. The summed E-state index contributed by atoms with van der Waals surface area (Å²) < 4.78 is 43.8. The monoisotopic (exact) mass is 473 g/mol. The Morgan fingerprint density at radius 1 is 1.12 bits per heavy atom. The maximum absolute atomic E-state index is 12.4. The van der Waals surface area contributed by atoms with E-state index in [-0.39, 0.29) is 11.5 Å². The molecule has 0 aliphatic rings. The number of esters is 1. The SMILES string of the molecule is CCn1c(COC(=O)/C=C/c2cc(OC)ccc2OC)nc2cc(S(=O)(=O)N(C)C)ccc21. The average Bonchev–Trinajstić information content (AvgIpc) is 3.17. The Labute approximate surface area is 193 Å². The maximum atomic E-state index is 12.4. The second-order valence-electron chi connectivity index (χ2n) is 7.26. The molecule has 0 atom stereocenters. The van der Waals surface area contributed by atoms with Crippen molar-refractivity contribution in [2.24, 2.45) is 0 Å². The predicted molar refractivity (Wildman–Crippen MR) is 125 cm³/mol. The van der Waals surface area contributed by atoms with Crippen molar-refractivity contribution in [2.45, 2.75) is 25.0 Å². The Morgan fingerprint density at radius 2 is 1.88 bits per heavy atom. The van der Waals surface area contributed by atoms with E-state index in [0.717, 1.165) is 9.82 Å². The van der Waals surface area contributed by atoms with Crippen molar-refractivity contribution < 1.29 is 27.4 Å². The highest BCUT2D eigenvalue weighted by Crippen LogP contribution is 2.25. The molecule has 3 aromatic rings. The number of hydrogen-bond acceptors (Lipinski definition) is 7. The molecule has 3 rings (SSSR count). The number of carbonyl (C=O) groups is 1. The zero-order valence-electron chi connectivity index (χ0n) is 19.2. The summed E-state index contributed by atoms with van der Waals surface area (Å²) in [5.74, 6) is 1.20. The second-order valence-corrected chi connectivity index (χ2v) is 9.41. The number of nitrogens with zero attached hydrogens (tertiary/aromatic N) is 3. The van der Waals surface area contributed by atoms with Gasteiger partial charge in [-0.2, -0.15) is 0 Å². The van der Waals surface area contributed by atoms with Gasteiger partial charge in [-0.3, -0.25) is 0 Å². The zero-order chi connectivity index (χ0) is 24.2. The van der Waals surface area contributed by atoms with Gasteiger partial charge in [-0.05, 0) is 49.4 Å². The van der Waals surface area contributed by atoms with Crippen molar-refractivity contribution in [3.63, 3.8) is 0 Å². The van der Waals surface area contributed by atoms with E-state index >= 15 is 0 Å². The fourth-order valence-corrected chi connectivity index (χ4v) is 4.23. The van der Waals surface area contributed by atoms with Gasteiger partial charge in [0.2, 0.25) is 10.0 Å². The lowest BCUT2D eigenvalue weighted by Crippen LogP contribution is -2.22. The van der Waals surface area contributed by atoms with E-state index in [1.54, 1.807) is 50.6 Å². The van der Waals surface area contributed by atoms with Gasteiger partial charge in [-0.15, -0.1) is 0 Å². The molecule has 10 heteroatoms. The Morgan fingerprint density at radius 3 is 2.52 bits per heavy atom. The molecule has 2 aromatic carbocycles. The van der Waals surface area contributed by atoms with E-state index in [1.807, 2.05) is 11.5 Å². The van der Waals surface area contributed by atoms with Crippen LogP contribution >= 0.6 is 0 Å². The van der Waals surface area contributed by atoms with Crippen LogP contribution in [0.2, 0.25) is 0 Å². The van der Waals surface area contributed by atoms with Gasteiger partial charge in [0.25, 0.3) is 0 Å². The van der Waals surface area contributed by atoms with Crippen molar-refractivity contribution in [3.05, 3.63) is 53.9 Å². The van der Waals surface area contributed by atoms with Crippen LogP contribution in [0.5, 0.6) is 11.5 Å². The minimum Gasteiger partial charge on any atom is -0.497 e. The van der Waals surface area contributed by atoms with Gasteiger partial charge in [0.05, 0.1) is 30.1 Å². The summed E-state index contributed by atoms with van der Waals surface area (Å²) in [6.07, 6.45) is 2.89. The molecule has 0 bridgehead atoms. The topological polar surface area (TPSA) is 100.0 Å². The first-order valence-corrected chi connectivity index (χ1v) is 11.6. The standard InChI is InChI=1S/C23H27N3O6S/c1-6-26-20-10-9-18(33(28,29)25(2)3)14-19(20)24-22(26)15-32-23(27)12-7-16-13-17(30-4)8-11-21(16)31-5/h7-14H,6,15H2,1-5H3/b12-7+. The summed E-state index contributed by atoms with van der Waals surface area (Å²) in [5.41, 5.74) is 1.95. The lowest BCUT2D eigenvalue weighted by atomic mass is 10.1. The highest BCUT2D eigenvalue weighted by atomic mass is 32.2. The predicted octanol–water partition coefficient (Wildman–Crippen LogP) is 3.08. The van der Waals surface area contributed by atoms with Gasteiger partial charge in [0.1, 0.15) is 23.9 Å². The van der Waals surface area contributed by atoms with E-state index in [9.17, 15) is 13.2 Å². The van der Waals surface area contributed by atoms with E-state index in [0.29, 0.717) is 34.9 Å². The Hall–Kier alpha value is -3.37. The van der Waals surface area contributed by atoms with Crippen LogP contribution in [-0.2, 0) is 32.7 Å². The quantitative estimate of drug-likeness (QED) is 0.348. The molecule has 0 saturated heterocycles. The molecule has 33 heavy (non-hydrogen) atoms. The van der Waals surface area contributed by atoms with Crippen molar-refractivity contribution >= 4 is 33.1 Å². The third-order valence-corrected chi connectivity index (χ3v) is 6.88. The molecule has 0 amide bonds. The normalized spacial score (nSPS) is 11.9. The van der Waals surface area contributed by atoms with Gasteiger partial charge in [-0.25, -0.2) is 22.5 Å². The largest absolute Gasteiger partial charge is 0.497 e. The first kappa shape index (κ1) is 24.3. The smallest absolute Gasteiger partial charge is 0.331 e. The Kier molecular flexibility index (Phi) is 7.39. The number of aryl methyl sites for hydroxylation is 1. The van der Waals surface area contributed by atoms with Gasteiger partial charge in [-0.1, -0.05) is 0 Å². The molecular weight excluding hydrogens is 446 g/mol. The van der Waals surface area contributed by atoms with Crippen molar-refractivity contribution in [2.75, 3.05) is 28.3 Å². The van der Waals surface area contributed by atoms with E-state index in [1.165, 1.54) is 26.2 Å². The summed E-state index contributed by atoms with van der Waals surface area (Å²) in [5, 5.41) is 0. The molecule has 0 spiro atoms. The minimum absolute atomic E-state index is 0.0588. The zero-order valence-corrected chi connectivity index (χ0v) is 20.0. The van der Waals surface area contributed by atoms with Gasteiger partial charge in [0, 0.05) is 32.3 Å². The van der Waals surface area contributed by atoms with Crippen LogP contribution in [-0.4, -0.2) is 56.6 Å². The molecule has 9 nitrogen and oxygen atoms in total. The van der Waals surface area contributed by atoms with Crippen molar-refractivity contribution in [3.8, 4) is 11.5 Å². The molecule has 0 unspecified atom stereocenters. The molecule has 1 heterocycles. The van der Waals surface area contributed by atoms with Crippen LogP contribution in [0.25, 0.3) is 17.1 Å². The summed E-state index contributed by atoms with van der Waals surface area (Å²) in [6.45, 7) is 2.46. The minimum atomic E-state index is -3.58. The lowest BCUT2D eigenvalue weighted by molar-refractivity contribution is -0.139. The maximum Gasteiger partial charge on any atom is 0.331 e. The number of imidazole rings is 1. The van der Waals surface area contributed by atoms with Crippen LogP contribution in [0.4, 0.5) is 0 Å². The second kappa shape index (κ2) is 10.1. The Balaban J connectivity index is 1.79. The highest BCUT2D eigenvalue weighted by Gasteiger charge is 2.19. The van der Waals surface area contributed by atoms with Crippen LogP contribution in [0.3, 0.4) is 0 Å². The first-order chi connectivity index (χ1) is 15.7. The number of benzene rings is 2. The molecule has 0 radical (unpaired) electrons. The first-order valence-electron chi connectivity index (χ1n) is 10.2. The molecule has 0 N–H and O–H groups in total. The molecular formula is C23H27N3O6S. The van der Waals surface area contributed by atoms with Crippen molar-refractivity contribution in [1.29, 1.82) is 0 Å². The highest BCUT2D eigenvalue weighted by molar-refractivity contribution is 7.89. The third kappa shape index (κ3) is 5.18. The molecule has 0 fully saturated rings. The summed E-state index contributed by atoms with van der Waals surface area (Å²) in [6, 6.07) is 10.0. The average molecular weight is 474 g/mol. The van der Waals surface area contributed by atoms with E-state index in [2.05, 4.69) is 4.98 Å². The number of rotatable bonds is 9. The van der Waals surface area contributed by atoms with Gasteiger partial charge < -0.3 is 18.8 Å². The van der Waals surface area contributed by atoms with Gasteiger partial charge in [0.15, 0.2) is 0 Å². The molecule has 1 aromatic heterocycles. The number of hydrogen-bond donors (Lipinski definition) is 0. The van der Waals surface area contributed by atoms with Crippen LogP contribution in [0.1, 0.15) is 18.3 Å². The fraction of sp³-hybridized carbons (Fsp3) is 0.304. The summed E-state index contributed by atoms with van der Waals surface area (Å²) >= 11 is 0. The Bertz CT molecular complexity index is 1300. The number of fused-ring (bicyclic) bond motifs is 1. The summed E-state index contributed by atoms with van der Waals surface area (Å²) in [4.78, 5) is 17.0. The molecule has 0 aliphatic heterocycles. The molecule has 176 valence electrons. The number of ether oxygens (including phenoxy) is 3. The van der Waals surface area contributed by atoms with Crippen LogP contribution in [0, 0.1) is 0 Å². The van der Waals surface area contributed by atoms with Crippen LogP contribution < -0.4 is 9.47 Å². The van der Waals surface area contributed by atoms with Crippen LogP contribution in [0.15, 0.2) is 47.4 Å². The lowest BCUT2D eigenvalue weighted by Gasteiger charge is -2.11.